The van der Waals surface area contributed by atoms with Crippen LogP contribution in [0.25, 0.3) is 0 Å². The predicted octanol–water partition coefficient (Wildman–Crippen LogP) is 0.321. The first-order chi connectivity index (χ1) is 7.51. The molecule has 0 aromatic rings. The lowest BCUT2D eigenvalue weighted by atomic mass is 9.88. The van der Waals surface area contributed by atoms with Gasteiger partial charge in [0.25, 0.3) is 0 Å². The summed E-state index contributed by atoms with van der Waals surface area (Å²) >= 11 is 0. The Morgan fingerprint density at radius 3 is 2.88 bits per heavy atom. The van der Waals surface area contributed by atoms with Crippen LogP contribution in [0.15, 0.2) is 0 Å². The number of hydrogen-bond donors (Lipinski definition) is 2. The molecule has 5 heteroatoms. The van der Waals surface area contributed by atoms with Gasteiger partial charge in [0.1, 0.15) is 5.41 Å². The Kier molecular flexibility index (Phi) is 3.88. The first kappa shape index (κ1) is 12.5. The van der Waals surface area contributed by atoms with Crippen LogP contribution in [0.1, 0.15) is 33.1 Å². The van der Waals surface area contributed by atoms with Crippen molar-refractivity contribution in [1.29, 1.82) is 5.26 Å². The molecule has 2 amide bonds. The molecule has 1 saturated heterocycles. The van der Waals surface area contributed by atoms with E-state index in [2.05, 4.69) is 10.6 Å². The molecular weight excluding hydrogens is 206 g/mol. The predicted molar refractivity (Wildman–Crippen MR) is 58.2 cm³/mol. The van der Waals surface area contributed by atoms with Gasteiger partial charge in [-0.15, -0.1) is 0 Å². The van der Waals surface area contributed by atoms with Gasteiger partial charge in [-0.25, -0.2) is 0 Å². The number of hydrogen-bond acceptors (Lipinski definition) is 3. The molecule has 5 nitrogen and oxygen atoms in total. The minimum Gasteiger partial charge on any atom is -0.353 e. The molecule has 0 spiro atoms. The van der Waals surface area contributed by atoms with Gasteiger partial charge in [-0.3, -0.25) is 9.59 Å². The maximum atomic E-state index is 11.7. The zero-order valence-corrected chi connectivity index (χ0v) is 9.67. The van der Waals surface area contributed by atoms with Crippen molar-refractivity contribution >= 4 is 11.8 Å². The SMILES string of the molecule is CCC(C)(C#N)C(=O)NCC1CCC(=O)N1. The number of carbonyl (C=O) groups is 2. The smallest absolute Gasteiger partial charge is 0.240 e. The second kappa shape index (κ2) is 4.97. The van der Waals surface area contributed by atoms with Gasteiger partial charge in [0.2, 0.25) is 11.8 Å². The van der Waals surface area contributed by atoms with E-state index in [1.54, 1.807) is 13.8 Å². The Labute approximate surface area is 95.2 Å². The van der Waals surface area contributed by atoms with E-state index < -0.39 is 5.41 Å². The second-order valence-corrected chi connectivity index (χ2v) is 4.31. The topological polar surface area (TPSA) is 82.0 Å². The molecule has 1 aliphatic heterocycles. The van der Waals surface area contributed by atoms with Gasteiger partial charge in [-0.2, -0.15) is 5.26 Å². The molecule has 0 aromatic carbocycles. The van der Waals surface area contributed by atoms with Gasteiger partial charge in [0, 0.05) is 19.0 Å². The highest BCUT2D eigenvalue weighted by Crippen LogP contribution is 2.19. The normalized spacial score (nSPS) is 23.1. The monoisotopic (exact) mass is 223 g/mol. The Morgan fingerprint density at radius 2 is 2.44 bits per heavy atom. The molecular formula is C11H17N3O2. The molecule has 1 heterocycles. The summed E-state index contributed by atoms with van der Waals surface area (Å²) in [6, 6.07) is 2.02. The third-order valence-corrected chi connectivity index (χ3v) is 3.05. The number of carbonyl (C=O) groups excluding carboxylic acids is 2. The number of nitriles is 1. The quantitative estimate of drug-likeness (QED) is 0.720. The fraction of sp³-hybridized carbons (Fsp3) is 0.727. The van der Waals surface area contributed by atoms with E-state index in [0.29, 0.717) is 19.4 Å². The highest BCUT2D eigenvalue weighted by Gasteiger charge is 2.32. The van der Waals surface area contributed by atoms with Gasteiger partial charge in [0.15, 0.2) is 0 Å². The van der Waals surface area contributed by atoms with Crippen molar-refractivity contribution in [2.75, 3.05) is 6.54 Å². The number of amides is 2. The Morgan fingerprint density at radius 1 is 1.75 bits per heavy atom. The van der Waals surface area contributed by atoms with Crippen molar-refractivity contribution in [3.05, 3.63) is 0 Å². The van der Waals surface area contributed by atoms with Crippen molar-refractivity contribution in [2.24, 2.45) is 5.41 Å². The number of nitrogens with one attached hydrogen (secondary N) is 2. The van der Waals surface area contributed by atoms with Crippen LogP contribution in [0.3, 0.4) is 0 Å². The van der Waals surface area contributed by atoms with E-state index in [1.165, 1.54) is 0 Å². The lowest BCUT2D eigenvalue weighted by molar-refractivity contribution is -0.128. The number of nitrogens with zero attached hydrogens (tertiary/aromatic N) is 1. The molecule has 0 radical (unpaired) electrons. The lowest BCUT2D eigenvalue weighted by Crippen LogP contribution is -2.44. The standard InChI is InChI=1S/C11H17N3O2/c1-3-11(2,7-12)10(16)13-6-8-4-5-9(15)14-8/h8H,3-6H2,1-2H3,(H,13,16)(H,14,15). The molecule has 1 fully saturated rings. The minimum absolute atomic E-state index is 0.0104. The molecule has 2 unspecified atom stereocenters. The first-order valence-electron chi connectivity index (χ1n) is 5.50. The van der Waals surface area contributed by atoms with Crippen molar-refractivity contribution in [2.45, 2.75) is 39.2 Å². The lowest BCUT2D eigenvalue weighted by Gasteiger charge is -2.20. The summed E-state index contributed by atoms with van der Waals surface area (Å²) in [4.78, 5) is 22.7. The van der Waals surface area contributed by atoms with E-state index in [0.717, 1.165) is 6.42 Å². The van der Waals surface area contributed by atoms with Gasteiger partial charge in [0.05, 0.1) is 6.07 Å². The summed E-state index contributed by atoms with van der Waals surface area (Å²) in [6.07, 6.45) is 1.74. The Bertz CT molecular complexity index is 335. The second-order valence-electron chi connectivity index (χ2n) is 4.31. The van der Waals surface area contributed by atoms with Crippen LogP contribution >= 0.6 is 0 Å². The van der Waals surface area contributed by atoms with E-state index in [1.807, 2.05) is 6.07 Å². The molecule has 0 saturated carbocycles. The maximum absolute atomic E-state index is 11.7. The van der Waals surface area contributed by atoms with E-state index in [-0.39, 0.29) is 17.9 Å². The van der Waals surface area contributed by atoms with Crippen molar-refractivity contribution < 1.29 is 9.59 Å². The summed E-state index contributed by atoms with van der Waals surface area (Å²) in [6.45, 7) is 3.83. The molecule has 88 valence electrons. The fourth-order valence-corrected chi connectivity index (χ4v) is 1.53. The minimum atomic E-state index is -0.970. The Balaban J connectivity index is 2.41. The third-order valence-electron chi connectivity index (χ3n) is 3.05. The van der Waals surface area contributed by atoms with Crippen molar-refractivity contribution in [3.8, 4) is 6.07 Å². The molecule has 2 atom stereocenters. The van der Waals surface area contributed by atoms with Gasteiger partial charge < -0.3 is 10.6 Å². The Hall–Kier alpha value is -1.57. The van der Waals surface area contributed by atoms with Crippen LogP contribution in [0.5, 0.6) is 0 Å². The zero-order chi connectivity index (χ0) is 12.2. The largest absolute Gasteiger partial charge is 0.353 e. The van der Waals surface area contributed by atoms with E-state index >= 15 is 0 Å². The summed E-state index contributed by atoms with van der Waals surface area (Å²) < 4.78 is 0. The molecule has 16 heavy (non-hydrogen) atoms. The van der Waals surface area contributed by atoms with E-state index in [4.69, 9.17) is 5.26 Å². The van der Waals surface area contributed by atoms with Crippen LogP contribution in [0.2, 0.25) is 0 Å². The van der Waals surface area contributed by atoms with Gasteiger partial charge in [-0.1, -0.05) is 6.92 Å². The van der Waals surface area contributed by atoms with Gasteiger partial charge >= 0.3 is 0 Å². The average molecular weight is 223 g/mol. The summed E-state index contributed by atoms with van der Waals surface area (Å²) in [5, 5.41) is 14.4. The number of rotatable bonds is 4. The third kappa shape index (κ3) is 2.72. The molecule has 0 bridgehead atoms. The summed E-state index contributed by atoms with van der Waals surface area (Å²) in [7, 11) is 0. The molecule has 0 aromatic heterocycles. The summed E-state index contributed by atoms with van der Waals surface area (Å²) in [5.41, 5.74) is -0.970. The molecule has 1 rings (SSSR count). The highest BCUT2D eigenvalue weighted by molar-refractivity contribution is 5.85. The van der Waals surface area contributed by atoms with Gasteiger partial charge in [-0.05, 0) is 19.8 Å². The zero-order valence-electron chi connectivity index (χ0n) is 9.67. The molecule has 0 aliphatic carbocycles. The summed E-state index contributed by atoms with van der Waals surface area (Å²) in [5.74, 6) is -0.239. The van der Waals surface area contributed by atoms with Crippen LogP contribution in [0.4, 0.5) is 0 Å². The first-order valence-corrected chi connectivity index (χ1v) is 5.50. The van der Waals surface area contributed by atoms with Crippen LogP contribution in [-0.4, -0.2) is 24.4 Å². The average Bonchev–Trinajstić information content (AvgIpc) is 2.70. The molecule has 1 aliphatic rings. The van der Waals surface area contributed by atoms with Crippen molar-refractivity contribution in [1.82, 2.24) is 10.6 Å². The van der Waals surface area contributed by atoms with Crippen LogP contribution in [0, 0.1) is 16.7 Å². The maximum Gasteiger partial charge on any atom is 0.240 e. The fourth-order valence-electron chi connectivity index (χ4n) is 1.53. The van der Waals surface area contributed by atoms with Crippen LogP contribution < -0.4 is 10.6 Å². The molecule has 2 N–H and O–H groups in total. The van der Waals surface area contributed by atoms with Crippen LogP contribution in [-0.2, 0) is 9.59 Å². The van der Waals surface area contributed by atoms with E-state index in [9.17, 15) is 9.59 Å². The van der Waals surface area contributed by atoms with Crippen molar-refractivity contribution in [3.63, 3.8) is 0 Å². The highest BCUT2D eigenvalue weighted by atomic mass is 16.2.